The highest BCUT2D eigenvalue weighted by Gasteiger charge is 2.04. The molecule has 3 nitrogen and oxygen atoms in total. The lowest BCUT2D eigenvalue weighted by Gasteiger charge is -1.97. The fourth-order valence-corrected chi connectivity index (χ4v) is 0.348. The Morgan fingerprint density at radius 1 is 1.05 bits per heavy atom. The molecule has 0 aromatic heterocycles. The topological polar surface area (TPSA) is 35.5 Å². The smallest absolute Gasteiger partial charge is 0.155 e. The average Bonchev–Trinajstić information content (AvgIpc) is 2.22. The maximum atomic E-state index is 10.0. The van der Waals surface area contributed by atoms with Crippen LogP contribution in [0.3, 0.4) is 0 Å². The first kappa shape index (κ1) is 23.1. The number of ether oxygens (including phenoxy) is 2. The summed E-state index contributed by atoms with van der Waals surface area (Å²) in [5, 5.41) is 0. The van der Waals surface area contributed by atoms with E-state index in [4.69, 9.17) is 11.1 Å². The maximum Gasteiger partial charge on any atom is 0.155 e. The zero-order valence-corrected chi connectivity index (χ0v) is 14.9. The normalized spacial score (nSPS) is 10.1. The molecule has 0 spiro atoms. The van der Waals surface area contributed by atoms with Gasteiger partial charge in [0.15, 0.2) is 5.78 Å². The largest absolute Gasteiger partial charge is 0.504 e. The van der Waals surface area contributed by atoms with Crippen LogP contribution in [0.4, 0.5) is 0 Å². The van der Waals surface area contributed by atoms with E-state index in [2.05, 4.69) is 35.7 Å². The lowest BCUT2D eigenvalue weighted by atomic mass is 10.4. The van der Waals surface area contributed by atoms with Gasteiger partial charge in [-0.25, -0.2) is 0 Å². The predicted octanol–water partition coefficient (Wildman–Crippen LogP) is 4.52. The number of ketones is 1. The molecule has 0 rings (SSSR count). The summed E-state index contributed by atoms with van der Waals surface area (Å²) in [4.78, 5) is 10.0. The molecule has 0 heterocycles. The molecule has 5 heteroatoms. The second-order valence-corrected chi connectivity index (χ2v) is 12.1. The van der Waals surface area contributed by atoms with E-state index < -0.39 is 7.38 Å². The Labute approximate surface area is 123 Å². The van der Waals surface area contributed by atoms with E-state index >= 15 is 0 Å². The molecular formula is C14H27ClO3Si. The van der Waals surface area contributed by atoms with E-state index in [9.17, 15) is 4.79 Å². The van der Waals surface area contributed by atoms with E-state index in [1.165, 1.54) is 26.4 Å². The van der Waals surface area contributed by atoms with Gasteiger partial charge in [0.1, 0.15) is 7.38 Å². The Kier molecular flexibility index (Phi) is 18.3. The highest BCUT2D eigenvalue weighted by molar-refractivity contribution is 7.18. The van der Waals surface area contributed by atoms with Crippen LogP contribution in [0.1, 0.15) is 13.8 Å². The van der Waals surface area contributed by atoms with Gasteiger partial charge in [0.25, 0.3) is 0 Å². The summed E-state index contributed by atoms with van der Waals surface area (Å²) in [5.41, 5.74) is 1.00. The summed E-state index contributed by atoms with van der Waals surface area (Å²) in [6, 6.07) is 0. The van der Waals surface area contributed by atoms with Crippen LogP contribution in [0.5, 0.6) is 0 Å². The monoisotopic (exact) mass is 306 g/mol. The molecule has 0 bridgehead atoms. The van der Waals surface area contributed by atoms with Crippen LogP contribution in [0.25, 0.3) is 0 Å². The van der Waals surface area contributed by atoms with Crippen LogP contribution >= 0.6 is 11.1 Å². The zero-order valence-electron chi connectivity index (χ0n) is 13.1. The van der Waals surface area contributed by atoms with Gasteiger partial charge in [-0.1, -0.05) is 31.8 Å². The molecule has 0 aliphatic carbocycles. The second kappa shape index (κ2) is 15.1. The highest BCUT2D eigenvalue weighted by Crippen LogP contribution is 2.03. The molecule has 0 fully saturated rings. The first-order chi connectivity index (χ1) is 8.54. The summed E-state index contributed by atoms with van der Waals surface area (Å²) in [6.07, 6.45) is 6.12. The molecule has 0 aliphatic rings. The minimum absolute atomic E-state index is 0.00171. The summed E-state index contributed by atoms with van der Waals surface area (Å²) in [6.45, 7) is 13.3. The average molecular weight is 307 g/mol. The molecular weight excluding hydrogens is 280 g/mol. The van der Waals surface area contributed by atoms with Gasteiger partial charge in [-0.2, -0.15) is 11.1 Å². The maximum absolute atomic E-state index is 10.0. The first-order valence-electron chi connectivity index (χ1n) is 5.78. The van der Waals surface area contributed by atoms with Gasteiger partial charge >= 0.3 is 0 Å². The molecule has 0 aromatic carbocycles. The molecule has 0 aromatic rings. The van der Waals surface area contributed by atoms with E-state index in [0.717, 1.165) is 5.57 Å². The number of carbonyl (C=O) groups excluding carboxylic acids is 1. The molecule has 0 saturated carbocycles. The molecule has 0 unspecified atom stereocenters. The van der Waals surface area contributed by atoms with Crippen molar-refractivity contribution in [1.29, 1.82) is 0 Å². The van der Waals surface area contributed by atoms with Gasteiger partial charge in [0.05, 0.1) is 26.7 Å². The van der Waals surface area contributed by atoms with Gasteiger partial charge in [0, 0.05) is 6.08 Å². The number of methoxy groups -OCH3 is 2. The van der Waals surface area contributed by atoms with Gasteiger partial charge in [-0.3, -0.25) is 4.79 Å². The molecule has 19 heavy (non-hydrogen) atoms. The fraction of sp³-hybridized carbons (Fsp3) is 0.500. The Bertz CT molecular complexity index is 262. The van der Waals surface area contributed by atoms with Crippen molar-refractivity contribution in [2.45, 2.75) is 33.5 Å². The Morgan fingerprint density at radius 3 is 1.47 bits per heavy atom. The quantitative estimate of drug-likeness (QED) is 0.252. The Hall–Kier alpha value is -1.00. The van der Waals surface area contributed by atoms with Crippen LogP contribution in [-0.2, 0) is 14.3 Å². The van der Waals surface area contributed by atoms with Crippen molar-refractivity contribution < 1.29 is 14.3 Å². The standard InChI is InChI=1S/C6H10O.C5H8O2.C3H9ClSi/c1-6(2)4-5-7-3;1-5(6)3-4-7-2;1-5(2,3)4/h4-5H,1H2,2-3H3;3-4H,1-2H3;1-3H3/b5-4+;4-3+;. The Balaban J connectivity index is -0.000000206. The van der Waals surface area contributed by atoms with Gasteiger partial charge in [-0.15, -0.1) is 0 Å². The van der Waals surface area contributed by atoms with E-state index in [1.54, 1.807) is 19.4 Å². The van der Waals surface area contributed by atoms with Crippen molar-refractivity contribution in [3.63, 3.8) is 0 Å². The SMILES string of the molecule is C=C(C)/C=C/OC.CO/C=C/C(C)=O.C[Si](C)(C)Cl. The number of rotatable bonds is 4. The van der Waals surface area contributed by atoms with Crippen molar-refractivity contribution in [2.75, 3.05) is 14.2 Å². The van der Waals surface area contributed by atoms with Crippen molar-refractivity contribution in [3.8, 4) is 0 Å². The summed E-state index contributed by atoms with van der Waals surface area (Å²) < 4.78 is 9.06. The molecule has 0 N–H and O–H groups in total. The van der Waals surface area contributed by atoms with E-state index in [1.807, 2.05) is 6.92 Å². The minimum Gasteiger partial charge on any atom is -0.504 e. The van der Waals surface area contributed by atoms with Crippen molar-refractivity contribution in [1.82, 2.24) is 0 Å². The predicted molar refractivity (Wildman–Crippen MR) is 87.0 cm³/mol. The molecule has 0 amide bonds. The van der Waals surface area contributed by atoms with Crippen LogP contribution in [0, 0.1) is 0 Å². The number of halogens is 1. The van der Waals surface area contributed by atoms with E-state index in [-0.39, 0.29) is 5.78 Å². The van der Waals surface area contributed by atoms with Gasteiger partial charge < -0.3 is 9.47 Å². The van der Waals surface area contributed by atoms with Crippen molar-refractivity contribution >= 4 is 24.2 Å². The van der Waals surface area contributed by atoms with Crippen LogP contribution in [0.2, 0.25) is 19.6 Å². The zero-order chi connectivity index (χ0) is 15.9. The lowest BCUT2D eigenvalue weighted by Crippen LogP contribution is -2.06. The first-order valence-corrected chi connectivity index (χ1v) is 10.3. The Morgan fingerprint density at radius 2 is 1.37 bits per heavy atom. The summed E-state index contributed by atoms with van der Waals surface area (Å²) in [7, 11) is 1.97. The third kappa shape index (κ3) is 78.1. The number of carbonyl (C=O) groups is 1. The minimum atomic E-state index is -1.14. The summed E-state index contributed by atoms with van der Waals surface area (Å²) in [5.74, 6) is 0.00171. The molecule has 112 valence electrons. The van der Waals surface area contributed by atoms with Crippen LogP contribution in [-0.4, -0.2) is 27.4 Å². The third-order valence-electron chi connectivity index (χ3n) is 0.927. The number of hydrogen-bond donors (Lipinski definition) is 0. The lowest BCUT2D eigenvalue weighted by molar-refractivity contribution is -0.112. The fourth-order valence-electron chi connectivity index (χ4n) is 0.348. The van der Waals surface area contributed by atoms with Crippen LogP contribution < -0.4 is 0 Å². The van der Waals surface area contributed by atoms with Gasteiger partial charge in [-0.05, 0) is 19.9 Å². The van der Waals surface area contributed by atoms with Crippen LogP contribution in [0.15, 0.2) is 36.8 Å². The van der Waals surface area contributed by atoms with Gasteiger partial charge in [0.2, 0.25) is 0 Å². The third-order valence-corrected chi connectivity index (χ3v) is 0.927. The highest BCUT2D eigenvalue weighted by atomic mass is 35.6. The molecule has 0 aliphatic heterocycles. The molecule has 0 atom stereocenters. The molecule has 0 radical (unpaired) electrons. The van der Waals surface area contributed by atoms with Crippen molar-refractivity contribution in [2.24, 2.45) is 0 Å². The van der Waals surface area contributed by atoms with Crippen molar-refractivity contribution in [3.05, 3.63) is 36.8 Å². The number of allylic oxidation sites excluding steroid dienone is 3. The number of hydrogen-bond acceptors (Lipinski definition) is 3. The molecule has 0 saturated heterocycles. The second-order valence-electron chi connectivity index (χ2n) is 4.60. The summed E-state index contributed by atoms with van der Waals surface area (Å²) >= 11 is 5.67. The van der Waals surface area contributed by atoms with E-state index in [0.29, 0.717) is 0 Å².